The second-order valence-electron chi connectivity index (χ2n) is 23.2. The van der Waals surface area contributed by atoms with E-state index in [2.05, 4.69) is 27.7 Å². The molecule has 492 valence electrons. The Morgan fingerprint density at radius 2 is 0.482 bits per heavy atom. The first kappa shape index (κ1) is 81.1. The van der Waals surface area contributed by atoms with Crippen molar-refractivity contribution < 1.29 is 80.2 Å². The molecule has 0 saturated heterocycles. The first-order valence-corrected chi connectivity index (χ1v) is 36.8. The first-order chi connectivity index (χ1) is 40.2. The topological polar surface area (TPSA) is 237 Å². The van der Waals surface area contributed by atoms with Crippen LogP contribution in [0.25, 0.3) is 0 Å². The summed E-state index contributed by atoms with van der Waals surface area (Å²) in [5.74, 6) is -2.14. The predicted octanol–water partition coefficient (Wildman–Crippen LogP) is 17.9. The van der Waals surface area contributed by atoms with Crippen LogP contribution >= 0.6 is 15.6 Å². The molecule has 0 fully saturated rings. The van der Waals surface area contributed by atoms with E-state index >= 15 is 0 Å². The predicted molar refractivity (Wildman–Crippen MR) is 331 cm³/mol. The molecule has 2 unspecified atom stereocenters. The van der Waals surface area contributed by atoms with E-state index < -0.39 is 97.5 Å². The van der Waals surface area contributed by atoms with E-state index in [4.69, 9.17) is 37.0 Å². The number of phosphoric ester groups is 2. The van der Waals surface area contributed by atoms with Crippen molar-refractivity contribution in [1.82, 2.24) is 0 Å². The number of unbranched alkanes of at least 4 members (excludes halogenated alkanes) is 39. The van der Waals surface area contributed by atoms with Gasteiger partial charge < -0.3 is 33.8 Å². The molecule has 0 aromatic carbocycles. The summed E-state index contributed by atoms with van der Waals surface area (Å²) in [5.41, 5.74) is 0. The molecule has 17 nitrogen and oxygen atoms in total. The van der Waals surface area contributed by atoms with Crippen molar-refractivity contribution in [2.75, 3.05) is 39.6 Å². The van der Waals surface area contributed by atoms with Gasteiger partial charge in [0.2, 0.25) is 0 Å². The van der Waals surface area contributed by atoms with Crippen LogP contribution in [0.3, 0.4) is 0 Å². The average Bonchev–Trinajstić information content (AvgIpc) is 3.46. The van der Waals surface area contributed by atoms with Crippen molar-refractivity contribution in [2.45, 2.75) is 348 Å². The highest BCUT2D eigenvalue weighted by molar-refractivity contribution is 7.47. The zero-order chi connectivity index (χ0) is 61.2. The number of aliphatic hydroxyl groups excluding tert-OH is 1. The lowest BCUT2D eigenvalue weighted by Gasteiger charge is -2.21. The smallest absolute Gasteiger partial charge is 0.462 e. The van der Waals surface area contributed by atoms with Crippen LogP contribution in [0.5, 0.6) is 0 Å². The fourth-order valence-electron chi connectivity index (χ4n) is 9.63. The molecule has 0 aromatic rings. The number of esters is 4. The second kappa shape index (κ2) is 59.0. The fraction of sp³-hybridized carbons (Fsp3) is 0.938. The van der Waals surface area contributed by atoms with Crippen molar-refractivity contribution in [3.63, 3.8) is 0 Å². The van der Waals surface area contributed by atoms with E-state index in [0.717, 1.165) is 103 Å². The normalized spacial score (nSPS) is 14.2. The molecule has 83 heavy (non-hydrogen) atoms. The maximum atomic E-state index is 13.0. The molecule has 5 atom stereocenters. The summed E-state index contributed by atoms with van der Waals surface area (Å²) < 4.78 is 67.9. The van der Waals surface area contributed by atoms with E-state index in [1.807, 2.05) is 0 Å². The van der Waals surface area contributed by atoms with Crippen LogP contribution in [-0.2, 0) is 65.4 Å². The van der Waals surface area contributed by atoms with Gasteiger partial charge in [0, 0.05) is 25.7 Å². The summed E-state index contributed by atoms with van der Waals surface area (Å²) in [6, 6.07) is 0. The van der Waals surface area contributed by atoms with E-state index in [1.165, 1.54) is 148 Å². The number of hydrogen-bond acceptors (Lipinski definition) is 15. The number of carbonyl (C=O) groups excluding carboxylic acids is 4. The molecule has 19 heteroatoms. The number of carbonyl (C=O) groups is 4. The van der Waals surface area contributed by atoms with Gasteiger partial charge in [-0.05, 0) is 25.7 Å². The maximum Gasteiger partial charge on any atom is 0.472 e. The van der Waals surface area contributed by atoms with Gasteiger partial charge in [0.15, 0.2) is 12.2 Å². The molecule has 0 bridgehead atoms. The Kier molecular flexibility index (Phi) is 57.7. The summed E-state index contributed by atoms with van der Waals surface area (Å²) in [5, 5.41) is 10.5. The Hall–Kier alpha value is -1.94. The summed E-state index contributed by atoms with van der Waals surface area (Å²) in [4.78, 5) is 72.0. The second-order valence-corrected chi connectivity index (χ2v) is 26.1. The number of phosphoric acid groups is 2. The van der Waals surface area contributed by atoms with Gasteiger partial charge in [0.1, 0.15) is 19.3 Å². The minimum absolute atomic E-state index is 0.105. The lowest BCUT2D eigenvalue weighted by atomic mass is 10.0. The van der Waals surface area contributed by atoms with Crippen LogP contribution < -0.4 is 0 Å². The molecule has 0 saturated carbocycles. The van der Waals surface area contributed by atoms with Crippen LogP contribution in [-0.4, -0.2) is 96.7 Å². The van der Waals surface area contributed by atoms with Gasteiger partial charge in [-0.15, -0.1) is 0 Å². The molecule has 0 radical (unpaired) electrons. The Morgan fingerprint density at radius 3 is 0.711 bits per heavy atom. The SMILES string of the molecule is CCCCCCCCCCCCCCCCCCCC(=O)O[C@H](COC(=O)CCCCCCCCCCCC)COP(=O)(O)OC[C@@H](O)COP(=O)(O)OC[C@@H](COC(=O)CCCCCCCCCC)OC(=O)CCCCCCCCCC. The molecule has 0 aromatic heterocycles. The minimum atomic E-state index is -4.94. The van der Waals surface area contributed by atoms with Crippen LogP contribution in [0.15, 0.2) is 0 Å². The monoisotopic (exact) mass is 1230 g/mol. The number of hydrogen-bond donors (Lipinski definition) is 3. The van der Waals surface area contributed by atoms with Crippen molar-refractivity contribution >= 4 is 39.5 Å². The molecule has 0 heterocycles. The van der Waals surface area contributed by atoms with Crippen molar-refractivity contribution in [3.05, 3.63) is 0 Å². The summed E-state index contributed by atoms with van der Waals surface area (Å²) in [7, 11) is -9.88. The number of ether oxygens (including phenoxy) is 4. The molecule has 0 aliphatic heterocycles. The third-order valence-electron chi connectivity index (χ3n) is 14.9. The van der Waals surface area contributed by atoms with Crippen LogP contribution in [0.2, 0.25) is 0 Å². The van der Waals surface area contributed by atoms with E-state index in [-0.39, 0.29) is 25.7 Å². The zero-order valence-electron chi connectivity index (χ0n) is 53.2. The Bertz CT molecular complexity index is 1600. The number of aliphatic hydroxyl groups is 1. The summed E-state index contributed by atoms with van der Waals surface area (Å²) >= 11 is 0. The Labute approximate surface area is 505 Å². The van der Waals surface area contributed by atoms with Crippen LogP contribution in [0, 0.1) is 0 Å². The van der Waals surface area contributed by atoms with E-state index in [0.29, 0.717) is 25.7 Å². The lowest BCUT2D eigenvalue weighted by molar-refractivity contribution is -0.161. The largest absolute Gasteiger partial charge is 0.472 e. The molecule has 0 aliphatic rings. The third kappa shape index (κ3) is 58.8. The van der Waals surface area contributed by atoms with E-state index in [9.17, 15) is 43.2 Å². The van der Waals surface area contributed by atoms with Crippen molar-refractivity contribution in [2.24, 2.45) is 0 Å². The third-order valence-corrected chi connectivity index (χ3v) is 16.8. The maximum absolute atomic E-state index is 13.0. The van der Waals surface area contributed by atoms with Gasteiger partial charge in [-0.3, -0.25) is 37.3 Å². The highest BCUT2D eigenvalue weighted by Crippen LogP contribution is 2.45. The first-order valence-electron chi connectivity index (χ1n) is 33.8. The van der Waals surface area contributed by atoms with Gasteiger partial charge in [0.25, 0.3) is 0 Å². The van der Waals surface area contributed by atoms with Crippen molar-refractivity contribution in [3.8, 4) is 0 Å². The van der Waals surface area contributed by atoms with Crippen LogP contribution in [0.4, 0.5) is 0 Å². The van der Waals surface area contributed by atoms with E-state index in [1.54, 1.807) is 0 Å². The molecular formula is C64H124O17P2. The van der Waals surface area contributed by atoms with Crippen LogP contribution in [0.1, 0.15) is 329 Å². The minimum Gasteiger partial charge on any atom is -0.462 e. The standard InChI is InChI=1S/C64H124O17P2/c1-5-9-13-17-21-25-27-28-29-30-31-32-33-35-39-43-47-51-64(69)81-60(55-75-62(67)49-45-41-38-34-26-22-18-14-10-6-2)57-79-83(72,73)77-53-58(65)52-76-82(70,71)78-56-59(80-63(68)50-46-42-37-24-20-16-12-8-4)54-74-61(66)48-44-40-36-23-19-15-11-7-3/h58-60,65H,5-57H2,1-4H3,(H,70,71)(H,72,73)/t58-,59+,60+/m0/s1. The summed E-state index contributed by atoms with van der Waals surface area (Å²) in [6.07, 6.45) is 44.5. The zero-order valence-corrected chi connectivity index (χ0v) is 54.9. The van der Waals surface area contributed by atoms with Gasteiger partial charge in [0.05, 0.1) is 26.4 Å². The molecule has 0 amide bonds. The molecule has 0 aliphatic carbocycles. The molecule has 0 rings (SSSR count). The van der Waals surface area contributed by atoms with Gasteiger partial charge >= 0.3 is 39.5 Å². The molecular weight excluding hydrogens is 1100 g/mol. The fourth-order valence-corrected chi connectivity index (χ4v) is 11.2. The summed E-state index contributed by atoms with van der Waals surface area (Å²) in [6.45, 7) is 4.84. The molecule has 0 spiro atoms. The highest BCUT2D eigenvalue weighted by atomic mass is 31.2. The molecule has 3 N–H and O–H groups in total. The highest BCUT2D eigenvalue weighted by Gasteiger charge is 2.30. The Balaban J connectivity index is 5.16. The number of rotatable bonds is 65. The quantitative estimate of drug-likeness (QED) is 0.0222. The van der Waals surface area contributed by atoms with Crippen molar-refractivity contribution in [1.29, 1.82) is 0 Å². The lowest BCUT2D eigenvalue weighted by Crippen LogP contribution is -2.30. The average molecular weight is 1230 g/mol. The van der Waals surface area contributed by atoms with Gasteiger partial charge in [-0.25, -0.2) is 9.13 Å². The Morgan fingerprint density at radius 1 is 0.289 bits per heavy atom. The van der Waals surface area contributed by atoms with Gasteiger partial charge in [-0.1, -0.05) is 278 Å². The van der Waals surface area contributed by atoms with Gasteiger partial charge in [-0.2, -0.15) is 0 Å².